The summed E-state index contributed by atoms with van der Waals surface area (Å²) in [6.07, 6.45) is 4.27. The molecule has 5 nitrogen and oxygen atoms in total. The van der Waals surface area contributed by atoms with Gasteiger partial charge in [-0.2, -0.15) is 5.26 Å². The summed E-state index contributed by atoms with van der Waals surface area (Å²) >= 11 is 0. The molecule has 2 aromatic carbocycles. The van der Waals surface area contributed by atoms with E-state index in [0.29, 0.717) is 11.5 Å². The molecule has 2 heterocycles. The third kappa shape index (κ3) is 3.98. The van der Waals surface area contributed by atoms with Crippen LogP contribution < -0.4 is 4.74 Å². The van der Waals surface area contributed by atoms with Gasteiger partial charge in [0.05, 0.1) is 36.1 Å². The van der Waals surface area contributed by atoms with Crippen LogP contribution in [0.3, 0.4) is 0 Å². The van der Waals surface area contributed by atoms with Gasteiger partial charge in [-0.15, -0.1) is 0 Å². The average molecular weight is 425 g/mol. The van der Waals surface area contributed by atoms with E-state index in [0.717, 1.165) is 39.0 Å². The van der Waals surface area contributed by atoms with Gasteiger partial charge in [-0.25, -0.2) is 0 Å². The molecule has 0 bridgehead atoms. The van der Waals surface area contributed by atoms with E-state index >= 15 is 0 Å². The Kier molecular flexibility index (Phi) is 5.98. The molecule has 0 spiro atoms. The summed E-state index contributed by atoms with van der Waals surface area (Å²) in [6.45, 7) is 4.45. The van der Waals surface area contributed by atoms with Gasteiger partial charge in [-0.1, -0.05) is 32.0 Å². The van der Waals surface area contributed by atoms with Crippen LogP contribution in [0.5, 0.6) is 5.75 Å². The molecule has 0 amide bonds. The van der Waals surface area contributed by atoms with E-state index in [2.05, 4.69) is 61.8 Å². The van der Waals surface area contributed by atoms with Gasteiger partial charge in [-0.3, -0.25) is 9.88 Å². The van der Waals surface area contributed by atoms with Crippen LogP contribution in [0.1, 0.15) is 25.6 Å². The number of fused-ring (bicyclic) bond motifs is 1. The van der Waals surface area contributed by atoms with E-state index in [1.54, 1.807) is 7.11 Å². The van der Waals surface area contributed by atoms with Gasteiger partial charge in [-0.05, 0) is 62.0 Å². The van der Waals surface area contributed by atoms with E-state index in [9.17, 15) is 5.26 Å². The van der Waals surface area contributed by atoms with E-state index in [1.165, 1.54) is 0 Å². The molecule has 0 aliphatic carbocycles. The van der Waals surface area contributed by atoms with Crippen LogP contribution in [0.15, 0.2) is 67.0 Å². The highest BCUT2D eigenvalue weighted by atomic mass is 16.5. The van der Waals surface area contributed by atoms with Gasteiger partial charge in [0.2, 0.25) is 0 Å². The van der Waals surface area contributed by atoms with Crippen molar-refractivity contribution in [2.45, 2.75) is 20.0 Å². The number of hydrogen-bond acceptors (Lipinski definition) is 4. The van der Waals surface area contributed by atoms with Gasteiger partial charge in [0.15, 0.2) is 0 Å². The van der Waals surface area contributed by atoms with Gasteiger partial charge >= 0.3 is 0 Å². The first-order valence-corrected chi connectivity index (χ1v) is 10.7. The summed E-state index contributed by atoms with van der Waals surface area (Å²) in [5.41, 5.74) is 5.82. The summed E-state index contributed by atoms with van der Waals surface area (Å²) in [4.78, 5) is 7.02. The molecule has 0 aliphatic heterocycles. The molecule has 162 valence electrons. The number of pyridine rings is 1. The van der Waals surface area contributed by atoms with Crippen LogP contribution in [0.25, 0.3) is 33.3 Å². The summed E-state index contributed by atoms with van der Waals surface area (Å²) in [7, 11) is 5.86. The fourth-order valence-electron chi connectivity index (χ4n) is 4.42. The molecule has 0 fully saturated rings. The molecule has 4 rings (SSSR count). The van der Waals surface area contributed by atoms with Crippen LogP contribution in [0.2, 0.25) is 0 Å². The van der Waals surface area contributed by atoms with Crippen LogP contribution in [0.4, 0.5) is 0 Å². The van der Waals surface area contributed by atoms with Crippen molar-refractivity contribution in [3.63, 3.8) is 0 Å². The third-order valence-corrected chi connectivity index (χ3v) is 5.84. The number of rotatable bonds is 6. The highest BCUT2D eigenvalue weighted by molar-refractivity contribution is 5.96. The molecule has 1 unspecified atom stereocenters. The van der Waals surface area contributed by atoms with Crippen LogP contribution >= 0.6 is 0 Å². The Hall–Kier alpha value is -3.62. The first-order valence-electron chi connectivity index (χ1n) is 10.7. The normalized spacial score (nSPS) is 12.3. The number of hydrogen-bond donors (Lipinski definition) is 0. The number of nitriles is 1. The zero-order valence-corrected chi connectivity index (χ0v) is 19.2. The molecule has 32 heavy (non-hydrogen) atoms. The first kappa shape index (κ1) is 21.6. The van der Waals surface area contributed by atoms with Crippen molar-refractivity contribution in [1.29, 1.82) is 5.26 Å². The zero-order valence-electron chi connectivity index (χ0n) is 19.2. The molecule has 1 atom stereocenters. The van der Waals surface area contributed by atoms with Crippen molar-refractivity contribution in [3.05, 3.63) is 72.6 Å². The molecule has 4 aromatic rings. The summed E-state index contributed by atoms with van der Waals surface area (Å²) in [6, 6.07) is 20.3. The van der Waals surface area contributed by atoms with Gasteiger partial charge in [0, 0.05) is 28.9 Å². The highest BCUT2D eigenvalue weighted by Crippen LogP contribution is 2.35. The summed E-state index contributed by atoms with van der Waals surface area (Å²) in [5.74, 6) is 1.24. The average Bonchev–Trinajstić information content (AvgIpc) is 3.17. The van der Waals surface area contributed by atoms with E-state index in [-0.39, 0.29) is 6.17 Å². The fourth-order valence-corrected chi connectivity index (χ4v) is 4.42. The van der Waals surface area contributed by atoms with Crippen LogP contribution in [-0.4, -0.2) is 35.7 Å². The van der Waals surface area contributed by atoms with E-state index < -0.39 is 0 Å². The number of aromatic nitrogens is 2. The second kappa shape index (κ2) is 8.86. The highest BCUT2D eigenvalue weighted by Gasteiger charge is 2.22. The third-order valence-electron chi connectivity index (χ3n) is 5.84. The molecule has 0 N–H and O–H groups in total. The Morgan fingerprint density at radius 2 is 1.72 bits per heavy atom. The monoisotopic (exact) mass is 424 g/mol. The lowest BCUT2D eigenvalue weighted by Crippen LogP contribution is -2.29. The van der Waals surface area contributed by atoms with Crippen LogP contribution in [-0.2, 0) is 0 Å². The molecule has 0 saturated heterocycles. The predicted octanol–water partition coefficient (Wildman–Crippen LogP) is 5.97. The standard InChI is InChI=1S/C27H28N4O/c1-18(2)27(30(3)4)31-17-24(23-14-19(15-28)6-13-26(23)31)25-12-9-21(16-29-25)20-7-10-22(32-5)11-8-20/h6-14,16-18,27H,1-5H3. The van der Waals surface area contributed by atoms with Crippen molar-refractivity contribution in [2.75, 3.05) is 21.2 Å². The molecular weight excluding hydrogens is 396 g/mol. The maximum absolute atomic E-state index is 9.46. The van der Waals surface area contributed by atoms with Crippen molar-refractivity contribution in [1.82, 2.24) is 14.5 Å². The molecule has 0 radical (unpaired) electrons. The van der Waals surface area contributed by atoms with Crippen molar-refractivity contribution in [2.24, 2.45) is 5.92 Å². The number of nitrogens with zero attached hydrogens (tertiary/aromatic N) is 4. The zero-order chi connectivity index (χ0) is 22.8. The van der Waals surface area contributed by atoms with Crippen molar-refractivity contribution < 1.29 is 4.74 Å². The lowest BCUT2D eigenvalue weighted by Gasteiger charge is -2.30. The minimum absolute atomic E-state index is 0.192. The van der Waals surface area contributed by atoms with E-state index in [4.69, 9.17) is 9.72 Å². The summed E-state index contributed by atoms with van der Waals surface area (Å²) < 4.78 is 7.55. The van der Waals surface area contributed by atoms with Crippen molar-refractivity contribution in [3.8, 4) is 34.2 Å². The molecule has 2 aromatic heterocycles. The minimum Gasteiger partial charge on any atom is -0.497 e. The second-order valence-corrected chi connectivity index (χ2v) is 8.58. The predicted molar refractivity (Wildman–Crippen MR) is 129 cm³/mol. The number of benzene rings is 2. The Balaban J connectivity index is 1.82. The summed E-state index contributed by atoms with van der Waals surface area (Å²) in [5, 5.41) is 10.5. The Labute approximate surface area is 189 Å². The van der Waals surface area contributed by atoms with Gasteiger partial charge in [0.1, 0.15) is 5.75 Å². The molecular formula is C27H28N4O. The second-order valence-electron chi connectivity index (χ2n) is 8.58. The quantitative estimate of drug-likeness (QED) is 0.383. The van der Waals surface area contributed by atoms with Gasteiger partial charge in [0.25, 0.3) is 0 Å². The topological polar surface area (TPSA) is 54.1 Å². The fraction of sp³-hybridized carbons (Fsp3) is 0.259. The molecule has 0 aliphatic rings. The molecule has 5 heteroatoms. The SMILES string of the molecule is COc1ccc(-c2ccc(-c3cn(C(C(C)C)N(C)C)c4ccc(C#N)cc34)nc2)cc1. The minimum atomic E-state index is 0.192. The van der Waals surface area contributed by atoms with Crippen molar-refractivity contribution >= 4 is 10.9 Å². The molecule has 0 saturated carbocycles. The smallest absolute Gasteiger partial charge is 0.118 e. The van der Waals surface area contributed by atoms with Gasteiger partial charge < -0.3 is 9.30 Å². The maximum atomic E-state index is 9.46. The lowest BCUT2D eigenvalue weighted by atomic mass is 10.0. The largest absolute Gasteiger partial charge is 0.497 e. The number of methoxy groups -OCH3 is 1. The van der Waals surface area contributed by atoms with E-state index in [1.807, 2.05) is 48.7 Å². The number of ether oxygens (including phenoxy) is 1. The Morgan fingerprint density at radius 1 is 1.00 bits per heavy atom. The lowest BCUT2D eigenvalue weighted by molar-refractivity contribution is 0.164. The first-order chi connectivity index (χ1) is 15.4. The Bertz CT molecular complexity index is 1250. The maximum Gasteiger partial charge on any atom is 0.118 e. The Morgan fingerprint density at radius 3 is 2.28 bits per heavy atom. The van der Waals surface area contributed by atoms with Crippen LogP contribution in [0, 0.1) is 17.2 Å².